The van der Waals surface area contributed by atoms with Gasteiger partial charge in [0.05, 0.1) is 25.7 Å². The maximum Gasteiger partial charge on any atom is 0.275 e. The normalized spacial score (nSPS) is 15.3. The van der Waals surface area contributed by atoms with Gasteiger partial charge in [0, 0.05) is 11.6 Å². The molecule has 0 aliphatic carbocycles. The third-order valence-electron chi connectivity index (χ3n) is 3.18. The highest BCUT2D eigenvalue weighted by Crippen LogP contribution is 2.31. The number of rotatable bonds is 2. The smallest absolute Gasteiger partial charge is 0.275 e. The highest BCUT2D eigenvalue weighted by molar-refractivity contribution is 5.85. The molecule has 0 fully saturated rings. The first-order valence-corrected chi connectivity index (χ1v) is 6.00. The van der Waals surface area contributed by atoms with Crippen LogP contribution in [0.25, 0.3) is 16.5 Å². The molecular weight excluding hydrogens is 246 g/mol. The van der Waals surface area contributed by atoms with Crippen molar-refractivity contribution in [1.82, 2.24) is 15.4 Å². The number of hydrogen-bond acceptors (Lipinski definition) is 5. The van der Waals surface area contributed by atoms with E-state index in [1.165, 1.54) is 0 Å². The molecule has 2 heterocycles. The SMILES string of the molecule is COc1cc2nn[nH]c(=O)c2cc1C1=CCOCC1. The summed E-state index contributed by atoms with van der Waals surface area (Å²) in [7, 11) is 1.60. The number of nitrogens with one attached hydrogen (secondary N) is 1. The fourth-order valence-corrected chi connectivity index (χ4v) is 2.21. The minimum atomic E-state index is -0.249. The Labute approximate surface area is 109 Å². The molecule has 0 radical (unpaired) electrons. The second kappa shape index (κ2) is 4.81. The lowest BCUT2D eigenvalue weighted by molar-refractivity contribution is 0.161. The van der Waals surface area contributed by atoms with E-state index in [0.717, 1.165) is 17.6 Å². The van der Waals surface area contributed by atoms with Crippen LogP contribution in [-0.4, -0.2) is 35.7 Å². The van der Waals surface area contributed by atoms with Crippen molar-refractivity contribution >= 4 is 16.5 Å². The van der Waals surface area contributed by atoms with Crippen LogP contribution in [-0.2, 0) is 4.74 Å². The molecule has 1 aliphatic heterocycles. The molecule has 0 spiro atoms. The van der Waals surface area contributed by atoms with E-state index in [-0.39, 0.29) is 5.56 Å². The molecule has 1 N–H and O–H groups in total. The lowest BCUT2D eigenvalue weighted by atomic mass is 9.99. The van der Waals surface area contributed by atoms with Crippen molar-refractivity contribution in [1.29, 1.82) is 0 Å². The standard InChI is InChI=1S/C13H13N3O3/c1-18-12-7-11-10(13(17)15-16-14-11)6-9(12)8-2-4-19-5-3-8/h2,6-7H,3-5H2,1H3,(H,14,15,17). The average Bonchev–Trinajstić information content (AvgIpc) is 2.47. The van der Waals surface area contributed by atoms with Crippen LogP contribution >= 0.6 is 0 Å². The summed E-state index contributed by atoms with van der Waals surface area (Å²) in [5.41, 5.74) is 2.32. The van der Waals surface area contributed by atoms with Crippen LogP contribution in [0, 0.1) is 0 Å². The Bertz CT molecular complexity index is 706. The molecule has 2 aromatic rings. The average molecular weight is 259 g/mol. The molecule has 0 saturated carbocycles. The highest BCUT2D eigenvalue weighted by Gasteiger charge is 2.14. The van der Waals surface area contributed by atoms with E-state index in [1.807, 2.05) is 6.08 Å². The van der Waals surface area contributed by atoms with Crippen LogP contribution in [0.3, 0.4) is 0 Å². The second-order valence-corrected chi connectivity index (χ2v) is 4.26. The largest absolute Gasteiger partial charge is 0.496 e. The number of methoxy groups -OCH3 is 1. The summed E-state index contributed by atoms with van der Waals surface area (Å²) in [6.45, 7) is 1.26. The molecule has 3 rings (SSSR count). The van der Waals surface area contributed by atoms with Crippen molar-refractivity contribution in [2.24, 2.45) is 0 Å². The Hall–Kier alpha value is -2.21. The first kappa shape index (κ1) is 11.9. The van der Waals surface area contributed by atoms with Crippen molar-refractivity contribution in [3.8, 4) is 5.75 Å². The van der Waals surface area contributed by atoms with Crippen LogP contribution in [0.1, 0.15) is 12.0 Å². The van der Waals surface area contributed by atoms with E-state index >= 15 is 0 Å². The van der Waals surface area contributed by atoms with Gasteiger partial charge in [0.25, 0.3) is 5.56 Å². The van der Waals surface area contributed by atoms with Gasteiger partial charge in [-0.1, -0.05) is 11.3 Å². The van der Waals surface area contributed by atoms with Gasteiger partial charge in [0.1, 0.15) is 11.3 Å². The number of benzene rings is 1. The van der Waals surface area contributed by atoms with Gasteiger partial charge in [0.15, 0.2) is 0 Å². The topological polar surface area (TPSA) is 77.1 Å². The molecule has 0 atom stereocenters. The summed E-state index contributed by atoms with van der Waals surface area (Å²) in [6, 6.07) is 3.54. The maximum atomic E-state index is 11.8. The van der Waals surface area contributed by atoms with Crippen LogP contribution in [0.2, 0.25) is 0 Å². The Morgan fingerprint density at radius 1 is 1.42 bits per heavy atom. The fraction of sp³-hybridized carbons (Fsp3) is 0.308. The van der Waals surface area contributed by atoms with Crippen LogP contribution in [0.15, 0.2) is 23.0 Å². The lowest BCUT2D eigenvalue weighted by Crippen LogP contribution is -2.11. The molecule has 1 aromatic heterocycles. The Morgan fingerprint density at radius 3 is 3.05 bits per heavy atom. The zero-order valence-corrected chi connectivity index (χ0v) is 10.5. The van der Waals surface area contributed by atoms with E-state index in [2.05, 4.69) is 15.4 Å². The van der Waals surface area contributed by atoms with Crippen LogP contribution < -0.4 is 10.3 Å². The molecule has 19 heavy (non-hydrogen) atoms. The third kappa shape index (κ3) is 2.10. The number of aromatic nitrogens is 3. The Morgan fingerprint density at radius 2 is 2.32 bits per heavy atom. The molecule has 98 valence electrons. The van der Waals surface area contributed by atoms with E-state index in [0.29, 0.717) is 29.9 Å². The fourth-order valence-electron chi connectivity index (χ4n) is 2.21. The van der Waals surface area contributed by atoms with Gasteiger partial charge in [-0.05, 0) is 18.1 Å². The van der Waals surface area contributed by atoms with E-state index in [1.54, 1.807) is 19.2 Å². The maximum absolute atomic E-state index is 11.8. The number of H-pyrrole nitrogens is 1. The molecule has 0 unspecified atom stereocenters. The second-order valence-electron chi connectivity index (χ2n) is 4.26. The molecule has 1 aliphatic rings. The number of ether oxygens (including phenoxy) is 2. The van der Waals surface area contributed by atoms with Crippen molar-refractivity contribution < 1.29 is 9.47 Å². The summed E-state index contributed by atoms with van der Waals surface area (Å²) in [6.07, 6.45) is 2.81. The Balaban J connectivity index is 2.25. The summed E-state index contributed by atoms with van der Waals surface area (Å²) >= 11 is 0. The van der Waals surface area contributed by atoms with Crippen molar-refractivity contribution in [3.05, 3.63) is 34.1 Å². The number of hydrogen-bond donors (Lipinski definition) is 1. The minimum absolute atomic E-state index is 0.249. The number of nitrogens with zero attached hydrogens (tertiary/aromatic N) is 2. The zero-order valence-electron chi connectivity index (χ0n) is 10.5. The number of fused-ring (bicyclic) bond motifs is 1. The first-order valence-electron chi connectivity index (χ1n) is 6.00. The van der Waals surface area contributed by atoms with Crippen molar-refractivity contribution in [2.75, 3.05) is 20.3 Å². The van der Waals surface area contributed by atoms with E-state index in [4.69, 9.17) is 9.47 Å². The third-order valence-corrected chi connectivity index (χ3v) is 3.18. The van der Waals surface area contributed by atoms with Crippen LogP contribution in [0.5, 0.6) is 5.75 Å². The monoisotopic (exact) mass is 259 g/mol. The minimum Gasteiger partial charge on any atom is -0.496 e. The lowest BCUT2D eigenvalue weighted by Gasteiger charge is -2.16. The van der Waals surface area contributed by atoms with Gasteiger partial charge in [-0.25, -0.2) is 5.10 Å². The molecule has 1 aromatic carbocycles. The predicted octanol–water partition coefficient (Wildman–Crippen LogP) is 1.13. The van der Waals surface area contributed by atoms with Crippen LogP contribution in [0.4, 0.5) is 0 Å². The molecule has 6 nitrogen and oxygen atoms in total. The highest BCUT2D eigenvalue weighted by atomic mass is 16.5. The van der Waals surface area contributed by atoms with Gasteiger partial charge in [-0.2, -0.15) is 0 Å². The molecule has 6 heteroatoms. The van der Waals surface area contributed by atoms with Gasteiger partial charge >= 0.3 is 0 Å². The quantitative estimate of drug-likeness (QED) is 0.874. The van der Waals surface area contributed by atoms with Gasteiger partial charge in [0.2, 0.25) is 0 Å². The van der Waals surface area contributed by atoms with Gasteiger partial charge in [-0.3, -0.25) is 4.79 Å². The van der Waals surface area contributed by atoms with Crippen molar-refractivity contribution in [2.45, 2.75) is 6.42 Å². The van der Waals surface area contributed by atoms with Crippen molar-refractivity contribution in [3.63, 3.8) is 0 Å². The zero-order chi connectivity index (χ0) is 13.2. The summed E-state index contributed by atoms with van der Waals surface area (Å²) in [4.78, 5) is 11.8. The molecule has 0 amide bonds. The summed E-state index contributed by atoms with van der Waals surface area (Å²) < 4.78 is 10.7. The van der Waals surface area contributed by atoms with E-state index in [9.17, 15) is 4.79 Å². The molecule has 0 bridgehead atoms. The summed E-state index contributed by atoms with van der Waals surface area (Å²) in [5, 5.41) is 10.3. The molecule has 0 saturated heterocycles. The summed E-state index contributed by atoms with van der Waals surface area (Å²) in [5.74, 6) is 0.695. The predicted molar refractivity (Wildman–Crippen MR) is 70.1 cm³/mol. The number of aromatic amines is 1. The molecular formula is C13H13N3O3. The van der Waals surface area contributed by atoms with Gasteiger partial charge in [-0.15, -0.1) is 5.10 Å². The van der Waals surface area contributed by atoms with Gasteiger partial charge < -0.3 is 9.47 Å². The first-order chi connectivity index (χ1) is 9.29. The van der Waals surface area contributed by atoms with E-state index < -0.39 is 0 Å². The Kier molecular flexibility index (Phi) is 3.00.